The van der Waals surface area contributed by atoms with E-state index < -0.39 is 0 Å². The molecule has 0 aliphatic rings. The van der Waals surface area contributed by atoms with Gasteiger partial charge < -0.3 is 15.8 Å². The lowest BCUT2D eigenvalue weighted by Gasteiger charge is -2.08. The minimum absolute atomic E-state index is 0. The number of hydrogen-bond acceptors (Lipinski definition) is 2. The van der Waals surface area contributed by atoms with Gasteiger partial charge >= 0.3 is 0 Å². The van der Waals surface area contributed by atoms with Gasteiger partial charge in [-0.05, 0) is 43.5 Å². The minimum Gasteiger partial charge on any atom is -0.380 e. The molecule has 20 heavy (non-hydrogen) atoms. The second kappa shape index (κ2) is 10.9. The number of halogens is 1. The van der Waals surface area contributed by atoms with E-state index >= 15 is 0 Å². The molecule has 4 nitrogen and oxygen atoms in total. The summed E-state index contributed by atoms with van der Waals surface area (Å²) in [7, 11) is 0. The number of aliphatic imine (C=N–C) groups is 1. The average Bonchev–Trinajstić information content (AvgIpc) is 2.32. The molecular weight excluding hydrogens is 365 g/mol. The van der Waals surface area contributed by atoms with Gasteiger partial charge in [0.25, 0.3) is 0 Å². The quantitative estimate of drug-likeness (QED) is 0.324. The Morgan fingerprint density at radius 3 is 2.45 bits per heavy atom. The van der Waals surface area contributed by atoms with Crippen molar-refractivity contribution in [3.63, 3.8) is 0 Å². The molecule has 0 heterocycles. The van der Waals surface area contributed by atoms with E-state index in [1.807, 2.05) is 12.1 Å². The molecule has 0 aromatic heterocycles. The maximum Gasteiger partial charge on any atom is 0.193 e. The van der Waals surface area contributed by atoms with Gasteiger partial charge in [0.05, 0.1) is 13.2 Å². The van der Waals surface area contributed by atoms with E-state index in [0.717, 1.165) is 25.1 Å². The van der Waals surface area contributed by atoms with Gasteiger partial charge in [0.1, 0.15) is 0 Å². The Morgan fingerprint density at radius 2 is 1.85 bits per heavy atom. The molecule has 0 unspecified atom stereocenters. The zero-order chi connectivity index (χ0) is 14.1. The van der Waals surface area contributed by atoms with Gasteiger partial charge in [-0.2, -0.15) is 0 Å². The number of guanidine groups is 1. The predicted molar refractivity (Wildman–Crippen MR) is 97.2 cm³/mol. The van der Waals surface area contributed by atoms with Crippen molar-refractivity contribution in [2.45, 2.75) is 33.6 Å². The Labute approximate surface area is 139 Å². The van der Waals surface area contributed by atoms with E-state index in [4.69, 9.17) is 10.5 Å². The molecule has 0 fully saturated rings. The third kappa shape index (κ3) is 8.37. The highest BCUT2D eigenvalue weighted by Crippen LogP contribution is 2.13. The van der Waals surface area contributed by atoms with Crippen molar-refractivity contribution in [3.8, 4) is 0 Å². The number of ether oxygens (including phenoxy) is 1. The van der Waals surface area contributed by atoms with Crippen LogP contribution in [-0.2, 0) is 4.74 Å². The van der Waals surface area contributed by atoms with Gasteiger partial charge in [-0.25, -0.2) is 0 Å². The summed E-state index contributed by atoms with van der Waals surface area (Å²) in [6.07, 6.45) is 2.25. The molecule has 0 aliphatic heterocycles. The van der Waals surface area contributed by atoms with E-state index in [9.17, 15) is 0 Å². The van der Waals surface area contributed by atoms with Crippen molar-refractivity contribution in [1.82, 2.24) is 0 Å². The summed E-state index contributed by atoms with van der Waals surface area (Å²) >= 11 is 0. The van der Waals surface area contributed by atoms with Crippen LogP contribution in [0.5, 0.6) is 0 Å². The number of aryl methyl sites for hydroxylation is 2. The van der Waals surface area contributed by atoms with Crippen molar-refractivity contribution in [2.75, 3.05) is 25.1 Å². The number of benzene rings is 1. The first kappa shape index (κ1) is 19.2. The monoisotopic (exact) mass is 391 g/mol. The Kier molecular flexibility index (Phi) is 10.5. The first-order chi connectivity index (χ1) is 9.11. The lowest BCUT2D eigenvalue weighted by Crippen LogP contribution is -2.23. The molecule has 0 amide bonds. The molecule has 0 aliphatic carbocycles. The molecule has 0 radical (unpaired) electrons. The fourth-order valence-corrected chi connectivity index (χ4v) is 1.81. The number of nitrogens with one attached hydrogen (secondary N) is 1. The van der Waals surface area contributed by atoms with Crippen LogP contribution >= 0.6 is 24.0 Å². The molecule has 0 spiro atoms. The summed E-state index contributed by atoms with van der Waals surface area (Å²) in [5.74, 6) is 0.434. The normalized spacial score (nSPS) is 11.1. The largest absolute Gasteiger partial charge is 0.380 e. The second-order valence-electron chi connectivity index (χ2n) is 4.73. The third-order valence-corrected chi connectivity index (χ3v) is 2.65. The third-order valence-electron chi connectivity index (χ3n) is 2.65. The standard InChI is InChI=1S/C15H25N3O.HI/c1-4-5-7-19-8-6-17-15(16)18-14-10-12(2)9-13(3)11-14;/h9-11H,4-8H2,1-3H3,(H3,16,17,18);1H. The number of nitrogens with zero attached hydrogens (tertiary/aromatic N) is 1. The van der Waals surface area contributed by atoms with E-state index in [2.05, 4.69) is 37.1 Å². The number of unbranched alkanes of at least 4 members (excludes halogenated alkanes) is 1. The molecule has 1 rings (SSSR count). The zero-order valence-electron chi connectivity index (χ0n) is 12.6. The zero-order valence-corrected chi connectivity index (χ0v) is 14.9. The van der Waals surface area contributed by atoms with E-state index in [-0.39, 0.29) is 24.0 Å². The number of rotatable bonds is 7. The molecule has 114 valence electrons. The molecule has 1 aromatic carbocycles. The van der Waals surface area contributed by atoms with Crippen molar-refractivity contribution < 1.29 is 4.74 Å². The van der Waals surface area contributed by atoms with Crippen LogP contribution in [0.15, 0.2) is 23.2 Å². The Bertz CT molecular complexity index is 401. The van der Waals surface area contributed by atoms with Gasteiger partial charge in [-0.15, -0.1) is 24.0 Å². The molecule has 0 saturated carbocycles. The van der Waals surface area contributed by atoms with Gasteiger partial charge in [0, 0.05) is 12.3 Å². The molecular formula is C15H26IN3O. The Balaban J connectivity index is 0.00000361. The molecule has 3 N–H and O–H groups in total. The van der Waals surface area contributed by atoms with E-state index in [0.29, 0.717) is 19.1 Å². The van der Waals surface area contributed by atoms with Crippen molar-refractivity contribution in [1.29, 1.82) is 0 Å². The maximum atomic E-state index is 5.83. The van der Waals surface area contributed by atoms with Crippen LogP contribution < -0.4 is 11.1 Å². The Hall–Kier alpha value is -0.820. The summed E-state index contributed by atoms with van der Waals surface area (Å²) in [5, 5.41) is 3.10. The van der Waals surface area contributed by atoms with Crippen LogP contribution in [-0.4, -0.2) is 25.7 Å². The van der Waals surface area contributed by atoms with Gasteiger partial charge in [0.15, 0.2) is 5.96 Å². The van der Waals surface area contributed by atoms with Gasteiger partial charge in [-0.1, -0.05) is 19.4 Å². The smallest absolute Gasteiger partial charge is 0.193 e. The van der Waals surface area contributed by atoms with Crippen molar-refractivity contribution in [3.05, 3.63) is 29.3 Å². The lowest BCUT2D eigenvalue weighted by molar-refractivity contribution is 0.139. The lowest BCUT2D eigenvalue weighted by atomic mass is 10.1. The maximum absolute atomic E-state index is 5.83. The molecule has 0 atom stereocenters. The summed E-state index contributed by atoms with van der Waals surface area (Å²) < 4.78 is 5.42. The van der Waals surface area contributed by atoms with Crippen LogP contribution in [0.1, 0.15) is 30.9 Å². The van der Waals surface area contributed by atoms with Crippen LogP contribution in [0, 0.1) is 13.8 Å². The van der Waals surface area contributed by atoms with Crippen molar-refractivity contribution >= 4 is 35.6 Å². The van der Waals surface area contributed by atoms with Crippen LogP contribution in [0.3, 0.4) is 0 Å². The van der Waals surface area contributed by atoms with Crippen molar-refractivity contribution in [2.24, 2.45) is 10.7 Å². The second-order valence-corrected chi connectivity index (χ2v) is 4.73. The predicted octanol–water partition coefficient (Wildman–Crippen LogP) is 3.46. The fourth-order valence-electron chi connectivity index (χ4n) is 1.81. The number of hydrogen-bond donors (Lipinski definition) is 2. The summed E-state index contributed by atoms with van der Waals surface area (Å²) in [4.78, 5) is 4.23. The average molecular weight is 391 g/mol. The van der Waals surface area contributed by atoms with Crippen LogP contribution in [0.25, 0.3) is 0 Å². The van der Waals surface area contributed by atoms with Crippen LogP contribution in [0.4, 0.5) is 5.69 Å². The molecule has 1 aromatic rings. The van der Waals surface area contributed by atoms with E-state index in [1.165, 1.54) is 11.1 Å². The Morgan fingerprint density at radius 1 is 1.20 bits per heavy atom. The fraction of sp³-hybridized carbons (Fsp3) is 0.533. The first-order valence-electron chi connectivity index (χ1n) is 6.85. The highest BCUT2D eigenvalue weighted by atomic mass is 127. The summed E-state index contributed by atoms with van der Waals surface area (Å²) in [6.45, 7) is 8.28. The van der Waals surface area contributed by atoms with Crippen LogP contribution in [0.2, 0.25) is 0 Å². The molecule has 5 heteroatoms. The molecule has 0 bridgehead atoms. The topological polar surface area (TPSA) is 59.6 Å². The van der Waals surface area contributed by atoms with Gasteiger partial charge in [0.2, 0.25) is 0 Å². The highest BCUT2D eigenvalue weighted by Gasteiger charge is 1.97. The molecule has 0 saturated heterocycles. The van der Waals surface area contributed by atoms with Gasteiger partial charge in [-0.3, -0.25) is 4.99 Å². The summed E-state index contributed by atoms with van der Waals surface area (Å²) in [6, 6.07) is 6.22. The van der Waals surface area contributed by atoms with E-state index in [1.54, 1.807) is 0 Å². The highest BCUT2D eigenvalue weighted by molar-refractivity contribution is 14.0. The first-order valence-corrected chi connectivity index (χ1v) is 6.85. The minimum atomic E-state index is 0. The number of nitrogens with two attached hydrogens (primary N) is 1. The number of anilines is 1. The SMILES string of the molecule is CCCCOCCN=C(N)Nc1cc(C)cc(C)c1.I. The summed E-state index contributed by atoms with van der Waals surface area (Å²) in [5.41, 5.74) is 9.22.